The van der Waals surface area contributed by atoms with Gasteiger partial charge in [0, 0.05) is 15.9 Å². The van der Waals surface area contributed by atoms with E-state index in [-0.39, 0.29) is 5.41 Å². The molecule has 0 unspecified atom stereocenters. The van der Waals surface area contributed by atoms with Crippen LogP contribution in [-0.4, -0.2) is 14.8 Å². The second-order valence-corrected chi connectivity index (χ2v) is 7.99. The number of aromatic nitrogens is 3. The first-order chi connectivity index (χ1) is 8.92. The van der Waals surface area contributed by atoms with Crippen molar-refractivity contribution in [3.63, 3.8) is 0 Å². The topological polar surface area (TPSA) is 30.7 Å². The average molecular weight is 291 g/mol. The summed E-state index contributed by atoms with van der Waals surface area (Å²) in [6.45, 7) is 9.51. The summed E-state index contributed by atoms with van der Waals surface area (Å²) in [6.07, 6.45) is 0. The van der Waals surface area contributed by atoms with E-state index < -0.39 is 0 Å². The van der Waals surface area contributed by atoms with Gasteiger partial charge in [0.15, 0.2) is 5.82 Å². The number of aryl methyl sites for hydroxylation is 1. The highest BCUT2D eigenvalue weighted by molar-refractivity contribution is 7.28. The van der Waals surface area contributed by atoms with Crippen LogP contribution >= 0.6 is 22.7 Å². The predicted octanol–water partition coefficient (Wildman–Crippen LogP) is 4.58. The van der Waals surface area contributed by atoms with Gasteiger partial charge in [-0.1, -0.05) is 20.8 Å². The van der Waals surface area contributed by atoms with E-state index in [1.165, 1.54) is 14.3 Å². The summed E-state index contributed by atoms with van der Waals surface area (Å²) in [5.74, 6) is 1.84. The molecular formula is C14H17N3S2. The highest BCUT2D eigenvalue weighted by Gasteiger charge is 2.18. The number of hydrogen-bond acceptors (Lipinski definition) is 4. The molecule has 100 valence electrons. The van der Waals surface area contributed by atoms with Crippen LogP contribution in [0, 0.1) is 12.3 Å². The van der Waals surface area contributed by atoms with Crippen molar-refractivity contribution in [2.75, 3.05) is 0 Å². The van der Waals surface area contributed by atoms with Crippen molar-refractivity contribution in [2.24, 2.45) is 5.41 Å². The van der Waals surface area contributed by atoms with E-state index in [0.29, 0.717) is 0 Å². The molecular weight excluding hydrogens is 274 g/mol. The molecule has 19 heavy (non-hydrogen) atoms. The zero-order valence-corrected chi connectivity index (χ0v) is 13.2. The van der Waals surface area contributed by atoms with E-state index >= 15 is 0 Å². The van der Waals surface area contributed by atoms with Crippen molar-refractivity contribution in [3.05, 3.63) is 23.3 Å². The number of thiophene rings is 2. The van der Waals surface area contributed by atoms with Crippen LogP contribution < -0.4 is 0 Å². The molecule has 3 aromatic heterocycles. The molecule has 3 heterocycles. The maximum Gasteiger partial charge on any atom is 0.168 e. The van der Waals surface area contributed by atoms with E-state index in [9.17, 15) is 0 Å². The van der Waals surface area contributed by atoms with Crippen LogP contribution in [0.5, 0.6) is 0 Å². The molecule has 0 amide bonds. The van der Waals surface area contributed by atoms with E-state index in [1.54, 1.807) is 22.7 Å². The van der Waals surface area contributed by atoms with E-state index in [4.69, 9.17) is 0 Å². The minimum absolute atomic E-state index is 0.198. The highest BCUT2D eigenvalue weighted by atomic mass is 32.1. The van der Waals surface area contributed by atoms with Crippen LogP contribution in [0.25, 0.3) is 20.1 Å². The van der Waals surface area contributed by atoms with Crippen LogP contribution in [0.3, 0.4) is 0 Å². The Kier molecular flexibility index (Phi) is 2.98. The molecule has 0 aliphatic heterocycles. The third-order valence-corrected chi connectivity index (χ3v) is 4.85. The minimum atomic E-state index is 0.198. The standard InChI is InChI=1S/C14H17N3S2/c1-9-15-13(17(16-9)8-14(2,3)4)12-7-11-10(19-12)5-6-18-11/h5-7H,8H2,1-4H3. The summed E-state index contributed by atoms with van der Waals surface area (Å²) in [4.78, 5) is 5.82. The largest absolute Gasteiger partial charge is 0.244 e. The van der Waals surface area contributed by atoms with Gasteiger partial charge in [-0.05, 0) is 29.9 Å². The van der Waals surface area contributed by atoms with Gasteiger partial charge in [-0.3, -0.25) is 0 Å². The number of rotatable bonds is 2. The van der Waals surface area contributed by atoms with E-state index in [1.807, 2.05) is 11.6 Å². The Hall–Kier alpha value is -1.20. The molecule has 0 N–H and O–H groups in total. The van der Waals surface area contributed by atoms with Crippen LogP contribution in [0.4, 0.5) is 0 Å². The van der Waals surface area contributed by atoms with Crippen molar-refractivity contribution in [3.8, 4) is 10.7 Å². The Morgan fingerprint density at radius 3 is 2.74 bits per heavy atom. The van der Waals surface area contributed by atoms with Crippen LogP contribution in [0.1, 0.15) is 26.6 Å². The molecule has 0 radical (unpaired) electrons. The fraction of sp³-hybridized carbons (Fsp3) is 0.429. The molecule has 0 aromatic carbocycles. The highest BCUT2D eigenvalue weighted by Crippen LogP contribution is 2.36. The quantitative estimate of drug-likeness (QED) is 0.692. The lowest BCUT2D eigenvalue weighted by atomic mass is 9.97. The van der Waals surface area contributed by atoms with Gasteiger partial charge in [0.2, 0.25) is 0 Å². The Labute approximate surface area is 120 Å². The lowest BCUT2D eigenvalue weighted by molar-refractivity contribution is 0.327. The summed E-state index contributed by atoms with van der Waals surface area (Å²) in [6, 6.07) is 4.40. The maximum absolute atomic E-state index is 4.61. The van der Waals surface area contributed by atoms with Crippen molar-refractivity contribution in [2.45, 2.75) is 34.2 Å². The van der Waals surface area contributed by atoms with Gasteiger partial charge < -0.3 is 0 Å². The average Bonchev–Trinajstić information content (AvgIpc) is 2.88. The van der Waals surface area contributed by atoms with Crippen LogP contribution in [0.15, 0.2) is 17.5 Å². The van der Waals surface area contributed by atoms with Gasteiger partial charge >= 0.3 is 0 Å². The number of fused-ring (bicyclic) bond motifs is 1. The van der Waals surface area contributed by atoms with Gasteiger partial charge in [0.1, 0.15) is 5.82 Å². The van der Waals surface area contributed by atoms with Crippen molar-refractivity contribution >= 4 is 32.1 Å². The molecule has 0 atom stereocenters. The van der Waals surface area contributed by atoms with Gasteiger partial charge in [0.05, 0.1) is 4.88 Å². The molecule has 3 rings (SSSR count). The summed E-state index contributed by atoms with van der Waals surface area (Å²) in [5.41, 5.74) is 0.198. The minimum Gasteiger partial charge on any atom is -0.244 e. The molecule has 0 fully saturated rings. The normalized spacial score (nSPS) is 12.4. The predicted molar refractivity (Wildman–Crippen MR) is 82.9 cm³/mol. The maximum atomic E-state index is 4.61. The van der Waals surface area contributed by atoms with Crippen molar-refractivity contribution < 1.29 is 0 Å². The molecule has 0 saturated heterocycles. The number of hydrogen-bond donors (Lipinski definition) is 0. The molecule has 0 aliphatic rings. The fourth-order valence-electron chi connectivity index (χ4n) is 2.07. The first kappa shape index (κ1) is 12.8. The monoisotopic (exact) mass is 291 g/mol. The fourth-order valence-corrected chi connectivity index (χ4v) is 4.18. The van der Waals surface area contributed by atoms with Gasteiger partial charge in [-0.15, -0.1) is 22.7 Å². The smallest absolute Gasteiger partial charge is 0.168 e. The Balaban J connectivity index is 2.06. The van der Waals surface area contributed by atoms with Gasteiger partial charge in [0.25, 0.3) is 0 Å². The summed E-state index contributed by atoms with van der Waals surface area (Å²) in [5, 5.41) is 6.68. The van der Waals surface area contributed by atoms with Gasteiger partial charge in [-0.2, -0.15) is 5.10 Å². The Bertz CT molecular complexity index is 684. The molecule has 5 heteroatoms. The second-order valence-electron chi connectivity index (χ2n) is 5.96. The van der Waals surface area contributed by atoms with Crippen molar-refractivity contribution in [1.29, 1.82) is 0 Å². The van der Waals surface area contributed by atoms with Gasteiger partial charge in [-0.25, -0.2) is 9.67 Å². The van der Waals surface area contributed by atoms with E-state index in [0.717, 1.165) is 18.2 Å². The van der Waals surface area contributed by atoms with Crippen LogP contribution in [0.2, 0.25) is 0 Å². The summed E-state index contributed by atoms with van der Waals surface area (Å²) < 4.78 is 4.72. The Morgan fingerprint density at radius 1 is 1.26 bits per heavy atom. The van der Waals surface area contributed by atoms with Crippen LogP contribution in [-0.2, 0) is 6.54 Å². The second kappa shape index (κ2) is 4.42. The molecule has 0 aliphatic carbocycles. The summed E-state index contributed by atoms with van der Waals surface area (Å²) in [7, 11) is 0. The molecule has 3 nitrogen and oxygen atoms in total. The first-order valence-electron chi connectivity index (χ1n) is 6.31. The molecule has 0 saturated carbocycles. The third-order valence-electron chi connectivity index (χ3n) is 2.76. The number of nitrogens with zero attached hydrogens (tertiary/aromatic N) is 3. The van der Waals surface area contributed by atoms with Crippen molar-refractivity contribution in [1.82, 2.24) is 14.8 Å². The molecule has 0 spiro atoms. The molecule has 3 aromatic rings. The lowest BCUT2D eigenvalue weighted by Gasteiger charge is -2.18. The third kappa shape index (κ3) is 2.58. The lowest BCUT2D eigenvalue weighted by Crippen LogP contribution is -2.17. The zero-order valence-electron chi connectivity index (χ0n) is 11.6. The Morgan fingerprint density at radius 2 is 2.05 bits per heavy atom. The van der Waals surface area contributed by atoms with E-state index in [2.05, 4.69) is 48.4 Å². The first-order valence-corrected chi connectivity index (χ1v) is 8.01. The SMILES string of the molecule is Cc1nc(-c2cc3sccc3s2)n(CC(C)(C)C)n1. The molecule has 0 bridgehead atoms. The summed E-state index contributed by atoms with van der Waals surface area (Å²) >= 11 is 3.58. The zero-order chi connectivity index (χ0) is 13.6.